The van der Waals surface area contributed by atoms with Gasteiger partial charge in [0.1, 0.15) is 13.2 Å². The van der Waals surface area contributed by atoms with Crippen LogP contribution < -0.4 is 10.2 Å². The highest BCUT2D eigenvalue weighted by Crippen LogP contribution is 2.38. The van der Waals surface area contributed by atoms with Crippen LogP contribution in [-0.2, 0) is 18.4 Å². The highest BCUT2D eigenvalue weighted by Gasteiger charge is 2.23. The lowest BCUT2D eigenvalue weighted by Crippen LogP contribution is -2.45. The first-order valence-electron chi connectivity index (χ1n) is 37.4. The molecule has 87 heavy (non-hydrogen) atoms. The summed E-state index contributed by atoms with van der Waals surface area (Å²) in [5.41, 5.74) is 0. The molecule has 0 aromatic heterocycles. The van der Waals surface area contributed by atoms with Crippen molar-refractivity contribution in [1.29, 1.82) is 0 Å². The maximum Gasteiger partial charge on any atom is 0.268 e. The molecular formula is C78H145N2O6P. The Labute approximate surface area is 541 Å². The Morgan fingerprint density at radius 2 is 0.713 bits per heavy atom. The van der Waals surface area contributed by atoms with Crippen molar-refractivity contribution < 1.29 is 32.9 Å². The molecule has 0 aliphatic carbocycles. The van der Waals surface area contributed by atoms with Gasteiger partial charge in [-0.15, -0.1) is 0 Å². The van der Waals surface area contributed by atoms with Crippen LogP contribution in [0.5, 0.6) is 0 Å². The number of likely N-dealkylation sites (N-methyl/N-ethyl adjacent to an activating group) is 1. The zero-order valence-electron chi connectivity index (χ0n) is 58.2. The third kappa shape index (κ3) is 71.0. The van der Waals surface area contributed by atoms with Crippen LogP contribution in [0.1, 0.15) is 354 Å². The van der Waals surface area contributed by atoms with Crippen molar-refractivity contribution in [1.82, 2.24) is 5.32 Å². The molecule has 0 aromatic carbocycles. The van der Waals surface area contributed by atoms with E-state index in [0.29, 0.717) is 17.4 Å². The molecule has 3 unspecified atom stereocenters. The van der Waals surface area contributed by atoms with Crippen LogP contribution >= 0.6 is 7.82 Å². The number of carbonyl (C=O) groups excluding carboxylic acids is 1. The zero-order chi connectivity index (χ0) is 63.4. The highest BCUT2D eigenvalue weighted by atomic mass is 31.2. The van der Waals surface area contributed by atoms with Crippen LogP contribution in [0.2, 0.25) is 0 Å². The van der Waals surface area contributed by atoms with Gasteiger partial charge in [0.2, 0.25) is 5.91 Å². The monoisotopic (exact) mass is 1240 g/mol. The summed E-state index contributed by atoms with van der Waals surface area (Å²) in [6.07, 6.45) is 97.3. The van der Waals surface area contributed by atoms with Crippen molar-refractivity contribution >= 4 is 13.7 Å². The number of hydrogen-bond donors (Lipinski definition) is 2. The molecule has 0 saturated heterocycles. The Hall–Kier alpha value is -2.32. The molecule has 0 rings (SSSR count). The number of allylic oxidation sites excluding steroid dienone is 13. The molecule has 508 valence electrons. The van der Waals surface area contributed by atoms with Gasteiger partial charge >= 0.3 is 0 Å². The minimum absolute atomic E-state index is 0.00719. The summed E-state index contributed by atoms with van der Waals surface area (Å²) in [5, 5.41) is 14.0. The van der Waals surface area contributed by atoms with Crippen LogP contribution in [0.15, 0.2) is 85.1 Å². The zero-order valence-corrected chi connectivity index (χ0v) is 59.1. The van der Waals surface area contributed by atoms with E-state index in [9.17, 15) is 19.4 Å². The fourth-order valence-electron chi connectivity index (χ4n) is 11.1. The van der Waals surface area contributed by atoms with Crippen LogP contribution in [-0.4, -0.2) is 68.5 Å². The molecule has 0 aliphatic rings. The normalized spacial score (nSPS) is 14.1. The first-order valence-corrected chi connectivity index (χ1v) is 38.9. The van der Waals surface area contributed by atoms with E-state index in [1.165, 1.54) is 263 Å². The van der Waals surface area contributed by atoms with Crippen molar-refractivity contribution in [3.05, 3.63) is 85.1 Å². The van der Waals surface area contributed by atoms with Gasteiger partial charge in [0, 0.05) is 6.42 Å². The average Bonchev–Trinajstić information content (AvgIpc) is 3.70. The maximum atomic E-state index is 13.1. The number of carbonyl (C=O) groups is 1. The van der Waals surface area contributed by atoms with Crippen LogP contribution in [0.3, 0.4) is 0 Å². The Morgan fingerprint density at radius 1 is 0.414 bits per heavy atom. The van der Waals surface area contributed by atoms with E-state index in [1.807, 2.05) is 27.2 Å². The van der Waals surface area contributed by atoms with E-state index < -0.39 is 26.6 Å². The first-order chi connectivity index (χ1) is 42.5. The molecule has 0 aromatic rings. The lowest BCUT2D eigenvalue weighted by atomic mass is 10.0. The third-order valence-corrected chi connectivity index (χ3v) is 17.8. The minimum Gasteiger partial charge on any atom is -0.756 e. The lowest BCUT2D eigenvalue weighted by molar-refractivity contribution is -0.870. The van der Waals surface area contributed by atoms with E-state index in [2.05, 4.69) is 92.1 Å². The Bertz CT molecular complexity index is 1700. The fourth-order valence-corrected chi connectivity index (χ4v) is 11.8. The van der Waals surface area contributed by atoms with Crippen LogP contribution in [0.25, 0.3) is 0 Å². The van der Waals surface area contributed by atoms with Crippen molar-refractivity contribution in [2.75, 3.05) is 40.9 Å². The number of amides is 1. The van der Waals surface area contributed by atoms with E-state index in [1.54, 1.807) is 6.08 Å². The molecule has 0 spiro atoms. The lowest BCUT2D eigenvalue weighted by Gasteiger charge is -2.29. The second-order valence-electron chi connectivity index (χ2n) is 26.6. The van der Waals surface area contributed by atoms with Crippen molar-refractivity contribution in [2.45, 2.75) is 366 Å². The number of quaternary nitrogens is 1. The summed E-state index contributed by atoms with van der Waals surface area (Å²) in [6.45, 7) is 4.56. The number of phosphoric ester groups is 1. The van der Waals surface area contributed by atoms with Crippen LogP contribution in [0.4, 0.5) is 0 Å². The van der Waals surface area contributed by atoms with Gasteiger partial charge in [-0.3, -0.25) is 9.36 Å². The van der Waals surface area contributed by atoms with Gasteiger partial charge < -0.3 is 28.8 Å². The van der Waals surface area contributed by atoms with Gasteiger partial charge in [-0.05, 0) is 77.0 Å². The summed E-state index contributed by atoms with van der Waals surface area (Å²) < 4.78 is 23.5. The third-order valence-electron chi connectivity index (χ3n) is 16.8. The van der Waals surface area contributed by atoms with Crippen molar-refractivity contribution in [2.24, 2.45) is 0 Å². The smallest absolute Gasteiger partial charge is 0.268 e. The molecule has 0 bridgehead atoms. The molecule has 1 amide bonds. The fraction of sp³-hybridized carbons (Fsp3) is 0.808. The molecule has 2 N–H and O–H groups in total. The topological polar surface area (TPSA) is 108 Å². The molecule has 8 nitrogen and oxygen atoms in total. The number of aliphatic hydroxyl groups excluding tert-OH is 1. The first kappa shape index (κ1) is 84.7. The minimum atomic E-state index is -4.62. The largest absolute Gasteiger partial charge is 0.756 e. The molecular weight excluding hydrogens is 1090 g/mol. The Balaban J connectivity index is 4.04. The van der Waals surface area contributed by atoms with Crippen molar-refractivity contribution in [3.8, 4) is 0 Å². The highest BCUT2D eigenvalue weighted by molar-refractivity contribution is 7.45. The van der Waals surface area contributed by atoms with E-state index in [0.717, 1.165) is 70.6 Å². The van der Waals surface area contributed by atoms with Crippen molar-refractivity contribution in [3.63, 3.8) is 0 Å². The summed E-state index contributed by atoms with van der Waals surface area (Å²) in [7, 11) is 1.25. The summed E-state index contributed by atoms with van der Waals surface area (Å²) >= 11 is 0. The Kier molecular flexibility index (Phi) is 66.2. The number of unbranched alkanes of at least 4 members (excludes halogenated alkanes) is 44. The van der Waals surface area contributed by atoms with Crippen LogP contribution in [0, 0.1) is 0 Å². The maximum absolute atomic E-state index is 13.1. The molecule has 0 saturated carbocycles. The molecule has 3 atom stereocenters. The SMILES string of the molecule is CC/C=C\C/C=C\C/C=C\C/C=C\C/C=C\CCCCCCCCCCCCCCCCCCCCCC(=O)NC(COP(=O)([O-])OCC[N+](C)(C)C)C(O)/C=C/CC/C=C/CCCCCCCCCCCCCCCCCCCCCCCCCC. The molecule has 9 heteroatoms. The Morgan fingerprint density at radius 3 is 1.07 bits per heavy atom. The van der Waals surface area contributed by atoms with Gasteiger partial charge in [-0.2, -0.15) is 0 Å². The van der Waals surface area contributed by atoms with Gasteiger partial charge in [0.15, 0.2) is 0 Å². The number of rotatable bonds is 69. The van der Waals surface area contributed by atoms with E-state index in [-0.39, 0.29) is 12.5 Å². The molecule has 0 radical (unpaired) electrons. The van der Waals surface area contributed by atoms with Gasteiger partial charge in [-0.25, -0.2) is 0 Å². The van der Waals surface area contributed by atoms with E-state index >= 15 is 0 Å². The van der Waals surface area contributed by atoms with Gasteiger partial charge in [-0.1, -0.05) is 356 Å². The predicted octanol–water partition coefficient (Wildman–Crippen LogP) is 23.6. The quantitative estimate of drug-likeness (QED) is 0.0272. The number of nitrogens with one attached hydrogen (secondary N) is 1. The number of aliphatic hydroxyl groups is 1. The summed E-state index contributed by atoms with van der Waals surface area (Å²) in [6, 6.07) is -0.908. The van der Waals surface area contributed by atoms with Gasteiger partial charge in [0.05, 0.1) is 39.9 Å². The number of phosphoric acid groups is 1. The second-order valence-corrected chi connectivity index (χ2v) is 28.0. The van der Waals surface area contributed by atoms with E-state index in [4.69, 9.17) is 9.05 Å². The summed E-state index contributed by atoms with van der Waals surface area (Å²) in [4.78, 5) is 25.7. The molecule has 0 fully saturated rings. The molecule has 0 aliphatic heterocycles. The second kappa shape index (κ2) is 68.1. The number of nitrogens with zero attached hydrogens (tertiary/aromatic N) is 1. The standard InChI is InChI=1S/C78H145N2O6P/c1-6-8-10-12-14-16-18-20-22-24-26-28-30-32-34-36-38-39-40-41-42-44-46-48-50-52-54-56-58-60-62-64-66-68-70-72-78(82)79-76(75-86-87(83,84)85-74-73-80(3,4)5)77(81)71-69-67-65-63-61-59-57-55-53-51-49-47-45-43-37-35-33-31-29-27-25-23-21-19-17-15-13-11-9-7-2/h8,10,14,16,20,22,26,28,32,34,61,63,69,71,76-77,81H,6-7,9,11-13,15,17-19,21,23-25,27,29-31,33,35-60,62,64-68,70,72-75H2,1-5H3,(H-,79,82,83,84)/b10-8-,16-14-,22-20-,28-26-,34-32-,63-61+,71-69+. The number of hydrogen-bond acceptors (Lipinski definition) is 6. The average molecular weight is 1240 g/mol. The predicted molar refractivity (Wildman–Crippen MR) is 380 cm³/mol. The molecule has 0 heterocycles. The van der Waals surface area contributed by atoms with Gasteiger partial charge in [0.25, 0.3) is 7.82 Å². The summed E-state index contributed by atoms with van der Waals surface area (Å²) in [5.74, 6) is -0.203.